The second kappa shape index (κ2) is 8.85. The van der Waals surface area contributed by atoms with Crippen molar-refractivity contribution in [1.29, 1.82) is 0 Å². The lowest BCUT2D eigenvalue weighted by atomic mass is 9.94. The molecule has 0 fully saturated rings. The topological polar surface area (TPSA) is 46.6 Å². The number of ether oxygens (including phenoxy) is 1. The third kappa shape index (κ3) is 5.90. The van der Waals surface area contributed by atoms with Gasteiger partial charge in [-0.1, -0.05) is 20.8 Å². The van der Waals surface area contributed by atoms with Crippen molar-refractivity contribution >= 4 is 11.9 Å². The van der Waals surface area contributed by atoms with E-state index in [9.17, 15) is 9.59 Å². The Morgan fingerprint density at radius 2 is 1.38 bits per heavy atom. The highest BCUT2D eigenvalue weighted by atomic mass is 16.6. The van der Waals surface area contributed by atoms with Crippen LogP contribution >= 0.6 is 0 Å². The van der Waals surface area contributed by atoms with E-state index in [1.807, 2.05) is 48.5 Å². The summed E-state index contributed by atoms with van der Waals surface area (Å²) in [5.41, 5.74) is -0.416. The molecule has 122 valence electrons. The van der Waals surface area contributed by atoms with Crippen LogP contribution in [0.2, 0.25) is 0 Å². The molecule has 1 amide bonds. The van der Waals surface area contributed by atoms with Crippen LogP contribution in [0.15, 0.2) is 12.2 Å². The zero-order valence-electron chi connectivity index (χ0n) is 14.6. The van der Waals surface area contributed by atoms with E-state index >= 15 is 0 Å². The summed E-state index contributed by atoms with van der Waals surface area (Å²) in [6.07, 6.45) is 4.89. The molecule has 0 bridgehead atoms. The first kappa shape index (κ1) is 19.7. The summed E-state index contributed by atoms with van der Waals surface area (Å²) in [6.45, 7) is 13.9. The van der Waals surface area contributed by atoms with Crippen molar-refractivity contribution in [3.63, 3.8) is 0 Å². The fourth-order valence-corrected chi connectivity index (χ4v) is 2.54. The highest BCUT2D eigenvalue weighted by Crippen LogP contribution is 2.24. The number of carbonyl (C=O) groups excluding carboxylic acids is 2. The van der Waals surface area contributed by atoms with Crippen molar-refractivity contribution in [1.82, 2.24) is 4.90 Å². The molecule has 4 nitrogen and oxygen atoms in total. The molecule has 0 heterocycles. The molecule has 0 saturated heterocycles. The third-order valence-electron chi connectivity index (χ3n) is 3.98. The van der Waals surface area contributed by atoms with Crippen molar-refractivity contribution in [3.8, 4) is 0 Å². The van der Waals surface area contributed by atoms with Crippen LogP contribution in [0.4, 0.5) is 0 Å². The molecule has 4 heteroatoms. The summed E-state index contributed by atoms with van der Waals surface area (Å²) < 4.78 is 5.54. The van der Waals surface area contributed by atoms with E-state index in [-0.39, 0.29) is 18.0 Å². The van der Waals surface area contributed by atoms with E-state index < -0.39 is 11.6 Å². The van der Waals surface area contributed by atoms with Gasteiger partial charge < -0.3 is 9.64 Å². The predicted octanol–water partition coefficient (Wildman–Crippen LogP) is 3.70. The maximum absolute atomic E-state index is 12.1. The summed E-state index contributed by atoms with van der Waals surface area (Å²) in [4.78, 5) is 25.8. The first-order valence-corrected chi connectivity index (χ1v) is 7.96. The maximum Gasteiger partial charge on any atom is 0.331 e. The second-order valence-electron chi connectivity index (χ2n) is 5.93. The maximum atomic E-state index is 12.1. The molecule has 0 spiro atoms. The Morgan fingerprint density at radius 1 is 0.952 bits per heavy atom. The average molecular weight is 297 g/mol. The molecule has 21 heavy (non-hydrogen) atoms. The van der Waals surface area contributed by atoms with E-state index in [1.54, 1.807) is 4.90 Å². The smallest absolute Gasteiger partial charge is 0.331 e. The number of amides is 1. The van der Waals surface area contributed by atoms with Crippen molar-refractivity contribution in [2.24, 2.45) is 0 Å². The molecule has 0 aromatic heterocycles. The summed E-state index contributed by atoms with van der Waals surface area (Å²) in [6, 6.07) is 0.193. The van der Waals surface area contributed by atoms with Gasteiger partial charge in [0.15, 0.2) is 0 Å². The zero-order valence-corrected chi connectivity index (χ0v) is 14.6. The molecule has 0 N–H and O–H groups in total. The molecular weight excluding hydrogens is 266 g/mol. The molecule has 0 unspecified atom stereocenters. The molecule has 0 saturated carbocycles. The van der Waals surface area contributed by atoms with Gasteiger partial charge >= 0.3 is 5.97 Å². The van der Waals surface area contributed by atoms with Gasteiger partial charge in [0, 0.05) is 24.2 Å². The zero-order chi connectivity index (χ0) is 16.6. The van der Waals surface area contributed by atoms with Gasteiger partial charge in [0.25, 0.3) is 0 Å². The molecule has 0 atom stereocenters. The third-order valence-corrected chi connectivity index (χ3v) is 3.98. The number of hydrogen-bond donors (Lipinski definition) is 0. The normalized spacial score (nSPS) is 12.2. The fraction of sp³-hybridized carbons (Fsp3) is 0.765. The van der Waals surface area contributed by atoms with E-state index in [2.05, 4.69) is 0 Å². The molecule has 0 aliphatic rings. The Balaban J connectivity index is 4.81. The van der Waals surface area contributed by atoms with Crippen LogP contribution in [-0.2, 0) is 14.3 Å². The molecule has 0 radical (unpaired) electrons. The largest absolute Gasteiger partial charge is 0.456 e. The summed E-state index contributed by atoms with van der Waals surface area (Å²) in [7, 11) is 0. The molecule has 0 rings (SSSR count). The van der Waals surface area contributed by atoms with Crippen LogP contribution in [-0.4, -0.2) is 34.5 Å². The van der Waals surface area contributed by atoms with Gasteiger partial charge in [0.05, 0.1) is 0 Å². The molecular formula is C17H31NO3. The SMILES string of the molecule is CCC(CC)(CC)OC(=O)/C=C\C(=O)N(C(C)C)C(C)C. The lowest BCUT2D eigenvalue weighted by molar-refractivity contribution is -0.155. The summed E-state index contributed by atoms with van der Waals surface area (Å²) in [5, 5.41) is 0. The number of carbonyl (C=O) groups is 2. The number of nitrogens with zero attached hydrogens (tertiary/aromatic N) is 1. The quantitative estimate of drug-likeness (QED) is 0.507. The Hall–Kier alpha value is -1.32. The Bertz CT molecular complexity index is 352. The molecule has 0 aromatic rings. The van der Waals surface area contributed by atoms with Gasteiger partial charge in [-0.25, -0.2) is 4.79 Å². The van der Waals surface area contributed by atoms with Crippen molar-refractivity contribution in [2.75, 3.05) is 0 Å². The van der Waals surface area contributed by atoms with Crippen LogP contribution in [0.1, 0.15) is 67.7 Å². The van der Waals surface area contributed by atoms with Gasteiger partial charge in [0.2, 0.25) is 5.91 Å². The minimum absolute atomic E-state index is 0.0965. The summed E-state index contributed by atoms with van der Waals surface area (Å²) in [5.74, 6) is -0.603. The van der Waals surface area contributed by atoms with E-state index in [0.717, 1.165) is 19.3 Å². The standard InChI is InChI=1S/C17H31NO3/c1-8-17(9-2,10-3)21-16(20)12-11-15(19)18(13(4)5)14(6)7/h11-14H,8-10H2,1-7H3/b12-11-. The number of hydrogen-bond acceptors (Lipinski definition) is 3. The monoisotopic (exact) mass is 297 g/mol. The first-order chi connectivity index (χ1) is 9.72. The molecule has 0 aliphatic heterocycles. The number of esters is 1. The van der Waals surface area contributed by atoms with Crippen LogP contribution in [0.25, 0.3) is 0 Å². The Labute approximate surface area is 129 Å². The van der Waals surface area contributed by atoms with Crippen LogP contribution in [0.3, 0.4) is 0 Å². The lowest BCUT2D eigenvalue weighted by Gasteiger charge is -2.30. The van der Waals surface area contributed by atoms with Gasteiger partial charge in [-0.2, -0.15) is 0 Å². The van der Waals surface area contributed by atoms with Gasteiger partial charge in [0.1, 0.15) is 5.60 Å². The Morgan fingerprint density at radius 3 is 1.71 bits per heavy atom. The van der Waals surface area contributed by atoms with Crippen LogP contribution in [0, 0.1) is 0 Å². The molecule has 0 aromatic carbocycles. The summed E-state index contributed by atoms with van der Waals surface area (Å²) >= 11 is 0. The van der Waals surface area contributed by atoms with E-state index in [0.29, 0.717) is 0 Å². The van der Waals surface area contributed by atoms with Gasteiger partial charge in [-0.3, -0.25) is 4.79 Å². The second-order valence-corrected chi connectivity index (χ2v) is 5.93. The minimum atomic E-state index is -0.443. The van der Waals surface area contributed by atoms with Crippen LogP contribution < -0.4 is 0 Å². The fourth-order valence-electron chi connectivity index (χ4n) is 2.54. The predicted molar refractivity (Wildman–Crippen MR) is 86.0 cm³/mol. The van der Waals surface area contributed by atoms with Crippen molar-refractivity contribution < 1.29 is 14.3 Å². The van der Waals surface area contributed by atoms with Crippen LogP contribution in [0.5, 0.6) is 0 Å². The van der Waals surface area contributed by atoms with Gasteiger partial charge in [-0.15, -0.1) is 0 Å². The number of rotatable bonds is 8. The highest BCUT2D eigenvalue weighted by Gasteiger charge is 2.27. The van der Waals surface area contributed by atoms with Crippen molar-refractivity contribution in [2.45, 2.75) is 85.4 Å². The Kier molecular flexibility index (Phi) is 8.30. The van der Waals surface area contributed by atoms with E-state index in [4.69, 9.17) is 4.74 Å². The molecule has 0 aliphatic carbocycles. The van der Waals surface area contributed by atoms with E-state index in [1.165, 1.54) is 12.2 Å². The lowest BCUT2D eigenvalue weighted by Crippen LogP contribution is -2.41. The average Bonchev–Trinajstić information content (AvgIpc) is 2.42. The minimum Gasteiger partial charge on any atom is -0.456 e. The highest BCUT2D eigenvalue weighted by molar-refractivity contribution is 5.94. The first-order valence-electron chi connectivity index (χ1n) is 7.96. The van der Waals surface area contributed by atoms with Gasteiger partial charge in [-0.05, 0) is 47.0 Å². The van der Waals surface area contributed by atoms with Crippen molar-refractivity contribution in [3.05, 3.63) is 12.2 Å².